The van der Waals surface area contributed by atoms with Crippen molar-refractivity contribution in [1.82, 2.24) is 14.7 Å². The summed E-state index contributed by atoms with van der Waals surface area (Å²) in [4.78, 5) is 20.6. The summed E-state index contributed by atoms with van der Waals surface area (Å²) in [5.41, 5.74) is 1.64. The van der Waals surface area contributed by atoms with E-state index in [9.17, 15) is 4.79 Å². The number of amides is 1. The molecule has 1 fully saturated rings. The number of hydrogen-bond acceptors (Lipinski definition) is 4. The molecule has 0 aliphatic carbocycles. The highest BCUT2D eigenvalue weighted by Gasteiger charge is 2.43. The number of carbonyl (C=O) groups is 1. The average molecular weight is 483 g/mol. The van der Waals surface area contributed by atoms with Gasteiger partial charge in [-0.2, -0.15) is 5.10 Å². The van der Waals surface area contributed by atoms with Crippen molar-refractivity contribution in [1.29, 1.82) is 0 Å². The van der Waals surface area contributed by atoms with Crippen LogP contribution in [0.4, 0.5) is 5.82 Å². The molecule has 5 rings (SSSR count). The van der Waals surface area contributed by atoms with E-state index in [0.717, 1.165) is 35.7 Å². The summed E-state index contributed by atoms with van der Waals surface area (Å²) >= 11 is 12.5. The molecule has 170 valence electrons. The maximum absolute atomic E-state index is 14.0. The lowest BCUT2D eigenvalue weighted by Gasteiger charge is -2.35. The topological polar surface area (TPSA) is 59.7 Å². The SMILES string of the molecule is CC1=Nc2ccnn2C(c2ccc(Cl)c(Cl)c2)C1C(=O)N1CCC[C@@H]1COc1ccccc1. The summed E-state index contributed by atoms with van der Waals surface area (Å²) < 4.78 is 7.80. The molecule has 2 unspecified atom stereocenters. The fraction of sp³-hybridized carbons (Fsp3) is 0.320. The predicted octanol–water partition coefficient (Wildman–Crippen LogP) is 5.57. The van der Waals surface area contributed by atoms with Gasteiger partial charge >= 0.3 is 0 Å². The number of carbonyl (C=O) groups excluding carboxylic acids is 1. The molecular weight excluding hydrogens is 459 g/mol. The first-order valence-electron chi connectivity index (χ1n) is 11.0. The Hall–Kier alpha value is -2.83. The number of ether oxygens (including phenoxy) is 1. The van der Waals surface area contributed by atoms with Gasteiger partial charge in [-0.25, -0.2) is 9.67 Å². The summed E-state index contributed by atoms with van der Waals surface area (Å²) in [6.45, 7) is 3.07. The van der Waals surface area contributed by atoms with Crippen LogP contribution in [-0.4, -0.2) is 45.5 Å². The zero-order chi connectivity index (χ0) is 22.9. The molecule has 0 radical (unpaired) electrons. The van der Waals surface area contributed by atoms with E-state index in [-0.39, 0.29) is 18.0 Å². The first-order chi connectivity index (χ1) is 16.0. The minimum atomic E-state index is -0.494. The van der Waals surface area contributed by atoms with Crippen molar-refractivity contribution in [2.45, 2.75) is 31.8 Å². The Bertz CT molecular complexity index is 1190. The van der Waals surface area contributed by atoms with Crippen molar-refractivity contribution >= 4 is 40.6 Å². The van der Waals surface area contributed by atoms with Crippen molar-refractivity contribution in [3.8, 4) is 5.75 Å². The number of para-hydroxylation sites is 1. The number of likely N-dealkylation sites (tertiary alicyclic amines) is 1. The molecule has 3 atom stereocenters. The molecule has 1 aromatic heterocycles. The van der Waals surface area contributed by atoms with E-state index in [0.29, 0.717) is 23.2 Å². The number of fused-ring (bicyclic) bond motifs is 1. The molecule has 3 aromatic rings. The summed E-state index contributed by atoms with van der Waals surface area (Å²) in [5.74, 6) is 1.07. The summed E-state index contributed by atoms with van der Waals surface area (Å²) in [7, 11) is 0. The number of hydrogen-bond donors (Lipinski definition) is 0. The van der Waals surface area contributed by atoms with E-state index < -0.39 is 5.92 Å². The number of aromatic nitrogens is 2. The second-order valence-electron chi connectivity index (χ2n) is 8.43. The van der Waals surface area contributed by atoms with Gasteiger partial charge < -0.3 is 9.64 Å². The van der Waals surface area contributed by atoms with E-state index in [1.807, 2.05) is 60.4 Å². The van der Waals surface area contributed by atoms with Gasteiger partial charge in [0.2, 0.25) is 5.91 Å². The molecule has 1 amide bonds. The molecule has 2 aliphatic heterocycles. The standard InChI is InChI=1S/C25H24Cl2N4O2/c1-16-23(25(32)30-13-5-6-18(30)15-33-19-7-3-2-4-8-19)24(31-22(29-16)11-12-28-31)17-9-10-20(26)21(27)14-17/h2-4,7-12,14,18,23-24H,5-6,13,15H2,1H3/t18-,23?,24?/m1/s1. The molecule has 3 heterocycles. The molecule has 0 bridgehead atoms. The van der Waals surface area contributed by atoms with Crippen LogP contribution < -0.4 is 4.74 Å². The molecule has 33 heavy (non-hydrogen) atoms. The van der Waals surface area contributed by atoms with E-state index in [1.54, 1.807) is 16.9 Å². The second kappa shape index (κ2) is 9.20. The minimum Gasteiger partial charge on any atom is -0.491 e. The molecule has 8 heteroatoms. The first kappa shape index (κ1) is 22.0. The lowest BCUT2D eigenvalue weighted by atomic mass is 9.87. The zero-order valence-electron chi connectivity index (χ0n) is 18.2. The quantitative estimate of drug-likeness (QED) is 0.477. The maximum atomic E-state index is 14.0. The summed E-state index contributed by atoms with van der Waals surface area (Å²) in [6.07, 6.45) is 3.56. The Morgan fingerprint density at radius 1 is 1.12 bits per heavy atom. The molecule has 2 aliphatic rings. The Morgan fingerprint density at radius 3 is 2.73 bits per heavy atom. The van der Waals surface area contributed by atoms with E-state index in [2.05, 4.69) is 5.10 Å². The predicted molar refractivity (Wildman–Crippen MR) is 130 cm³/mol. The maximum Gasteiger partial charge on any atom is 0.234 e. The summed E-state index contributed by atoms with van der Waals surface area (Å²) in [6, 6.07) is 16.7. The van der Waals surface area contributed by atoms with Gasteiger partial charge in [0.05, 0.1) is 28.3 Å². The molecule has 2 aromatic carbocycles. The fourth-order valence-corrected chi connectivity index (χ4v) is 5.07. The Morgan fingerprint density at radius 2 is 1.94 bits per heavy atom. The Balaban J connectivity index is 1.45. The monoisotopic (exact) mass is 482 g/mol. The average Bonchev–Trinajstić information content (AvgIpc) is 3.48. The van der Waals surface area contributed by atoms with Gasteiger partial charge in [-0.3, -0.25) is 4.79 Å². The van der Waals surface area contributed by atoms with E-state index in [4.69, 9.17) is 32.9 Å². The van der Waals surface area contributed by atoms with Gasteiger partial charge in [-0.05, 0) is 49.6 Å². The molecule has 0 saturated carbocycles. The highest BCUT2D eigenvalue weighted by molar-refractivity contribution is 6.42. The van der Waals surface area contributed by atoms with Crippen molar-refractivity contribution in [3.63, 3.8) is 0 Å². The summed E-state index contributed by atoms with van der Waals surface area (Å²) in [5, 5.41) is 5.42. The molecule has 0 spiro atoms. The smallest absolute Gasteiger partial charge is 0.234 e. The second-order valence-corrected chi connectivity index (χ2v) is 9.25. The third-order valence-corrected chi connectivity index (χ3v) is 7.11. The van der Waals surface area contributed by atoms with Crippen LogP contribution >= 0.6 is 23.2 Å². The minimum absolute atomic E-state index is 0.0129. The van der Waals surface area contributed by atoms with Crippen LogP contribution in [0, 0.1) is 5.92 Å². The molecular formula is C25H24Cl2N4O2. The van der Waals surface area contributed by atoms with Crippen molar-refractivity contribution in [3.05, 3.63) is 76.4 Å². The van der Waals surface area contributed by atoms with Crippen LogP contribution in [0.2, 0.25) is 10.0 Å². The van der Waals surface area contributed by atoms with Crippen LogP contribution in [0.15, 0.2) is 65.8 Å². The first-order valence-corrected chi connectivity index (χ1v) is 11.8. The van der Waals surface area contributed by atoms with E-state index in [1.165, 1.54) is 0 Å². The third kappa shape index (κ3) is 4.25. The Kier molecular flexibility index (Phi) is 6.13. The molecule has 0 N–H and O–H groups in total. The van der Waals surface area contributed by atoms with Gasteiger partial charge in [-0.1, -0.05) is 47.5 Å². The van der Waals surface area contributed by atoms with Gasteiger partial charge in [0.25, 0.3) is 0 Å². The fourth-order valence-electron chi connectivity index (χ4n) is 4.76. The van der Waals surface area contributed by atoms with Crippen molar-refractivity contribution < 1.29 is 9.53 Å². The van der Waals surface area contributed by atoms with Gasteiger partial charge in [0.1, 0.15) is 18.3 Å². The van der Waals surface area contributed by atoms with Crippen molar-refractivity contribution in [2.75, 3.05) is 13.2 Å². The normalized spacial score (nSPS) is 22.1. The Labute approximate surface area is 202 Å². The van der Waals surface area contributed by atoms with Crippen LogP contribution in [0.1, 0.15) is 31.4 Å². The third-order valence-electron chi connectivity index (χ3n) is 6.37. The van der Waals surface area contributed by atoms with Crippen LogP contribution in [0.25, 0.3) is 0 Å². The highest BCUT2D eigenvalue weighted by atomic mass is 35.5. The number of aliphatic imine (C=N–C) groups is 1. The number of halogens is 2. The highest BCUT2D eigenvalue weighted by Crippen LogP contribution is 2.39. The number of nitrogens with zero attached hydrogens (tertiary/aromatic N) is 4. The van der Waals surface area contributed by atoms with Crippen LogP contribution in [0.3, 0.4) is 0 Å². The number of rotatable bonds is 5. The van der Waals surface area contributed by atoms with E-state index >= 15 is 0 Å². The molecule has 1 saturated heterocycles. The lowest BCUT2D eigenvalue weighted by molar-refractivity contribution is -0.135. The van der Waals surface area contributed by atoms with Crippen LogP contribution in [-0.2, 0) is 4.79 Å². The lowest BCUT2D eigenvalue weighted by Crippen LogP contribution is -2.47. The van der Waals surface area contributed by atoms with Crippen LogP contribution in [0.5, 0.6) is 5.75 Å². The molecule has 6 nitrogen and oxygen atoms in total. The van der Waals surface area contributed by atoms with Crippen molar-refractivity contribution in [2.24, 2.45) is 10.9 Å². The zero-order valence-corrected chi connectivity index (χ0v) is 19.7. The van der Waals surface area contributed by atoms with Gasteiger partial charge in [0, 0.05) is 18.3 Å². The van der Waals surface area contributed by atoms with Gasteiger partial charge in [-0.15, -0.1) is 0 Å². The van der Waals surface area contributed by atoms with Gasteiger partial charge in [0.15, 0.2) is 5.82 Å². The largest absolute Gasteiger partial charge is 0.491 e. The number of benzene rings is 2.